The van der Waals surface area contributed by atoms with Crippen molar-refractivity contribution in [3.8, 4) is 0 Å². The molecule has 0 aliphatic heterocycles. The lowest BCUT2D eigenvalue weighted by Crippen LogP contribution is -2.29. The van der Waals surface area contributed by atoms with Gasteiger partial charge in [-0.25, -0.2) is 4.39 Å². The van der Waals surface area contributed by atoms with E-state index in [1.54, 1.807) is 12.1 Å². The minimum Gasteiger partial charge on any atom is -0.310 e. The van der Waals surface area contributed by atoms with Gasteiger partial charge < -0.3 is 5.32 Å². The molecule has 1 saturated carbocycles. The quantitative estimate of drug-likeness (QED) is 0.751. The Bertz CT molecular complexity index is 413. The van der Waals surface area contributed by atoms with Crippen LogP contribution in [0.15, 0.2) is 22.7 Å². The Morgan fingerprint density at radius 2 is 1.85 bits per heavy atom. The SMILES string of the molecule is CCNC(c1cc(Br)ccc1F)C1CCCCCCC1. The number of benzene rings is 1. The molecule has 1 aromatic carbocycles. The normalized spacial score (nSPS) is 19.4. The average molecular weight is 342 g/mol. The molecule has 0 heterocycles. The number of nitrogens with one attached hydrogen (secondary N) is 1. The van der Waals surface area contributed by atoms with E-state index in [0.717, 1.165) is 16.6 Å². The third kappa shape index (κ3) is 4.29. The maximum Gasteiger partial charge on any atom is 0.128 e. The Kier molecular flexibility index (Phi) is 6.50. The second kappa shape index (κ2) is 8.14. The average Bonchev–Trinajstić information content (AvgIpc) is 2.40. The summed E-state index contributed by atoms with van der Waals surface area (Å²) in [4.78, 5) is 0. The first kappa shape index (κ1) is 16.0. The van der Waals surface area contributed by atoms with Gasteiger partial charge in [0.1, 0.15) is 5.82 Å². The van der Waals surface area contributed by atoms with E-state index in [1.807, 2.05) is 6.07 Å². The summed E-state index contributed by atoms with van der Waals surface area (Å²) < 4.78 is 15.2. The molecule has 1 aliphatic carbocycles. The van der Waals surface area contributed by atoms with Gasteiger partial charge in [-0.3, -0.25) is 0 Å². The molecule has 0 amide bonds. The maximum atomic E-state index is 14.2. The van der Waals surface area contributed by atoms with E-state index in [4.69, 9.17) is 0 Å². The molecule has 0 bridgehead atoms. The summed E-state index contributed by atoms with van der Waals surface area (Å²) in [7, 11) is 0. The van der Waals surface area contributed by atoms with Gasteiger partial charge in [0.2, 0.25) is 0 Å². The van der Waals surface area contributed by atoms with Gasteiger partial charge in [-0.05, 0) is 43.5 Å². The second-order valence-electron chi connectivity index (χ2n) is 5.81. The molecular formula is C17H25BrFN. The molecule has 112 valence electrons. The van der Waals surface area contributed by atoms with Crippen LogP contribution in [0.2, 0.25) is 0 Å². The van der Waals surface area contributed by atoms with Crippen molar-refractivity contribution in [2.24, 2.45) is 5.92 Å². The third-order valence-corrected chi connectivity index (χ3v) is 4.83. The summed E-state index contributed by atoms with van der Waals surface area (Å²) in [5, 5.41) is 3.52. The van der Waals surface area contributed by atoms with Gasteiger partial charge >= 0.3 is 0 Å². The highest BCUT2D eigenvalue weighted by atomic mass is 79.9. The molecule has 1 N–H and O–H groups in total. The van der Waals surface area contributed by atoms with Crippen LogP contribution in [0.3, 0.4) is 0 Å². The monoisotopic (exact) mass is 341 g/mol. The lowest BCUT2D eigenvalue weighted by atomic mass is 9.82. The van der Waals surface area contributed by atoms with E-state index in [9.17, 15) is 4.39 Å². The molecule has 0 radical (unpaired) electrons. The third-order valence-electron chi connectivity index (χ3n) is 4.34. The van der Waals surface area contributed by atoms with Crippen LogP contribution in [0.1, 0.15) is 63.5 Å². The Morgan fingerprint density at radius 1 is 1.20 bits per heavy atom. The van der Waals surface area contributed by atoms with Crippen molar-refractivity contribution in [1.82, 2.24) is 5.32 Å². The highest BCUT2D eigenvalue weighted by molar-refractivity contribution is 9.10. The van der Waals surface area contributed by atoms with Crippen LogP contribution in [0.25, 0.3) is 0 Å². The zero-order valence-electron chi connectivity index (χ0n) is 12.3. The molecule has 0 aromatic heterocycles. The van der Waals surface area contributed by atoms with Gasteiger partial charge in [0.05, 0.1) is 0 Å². The van der Waals surface area contributed by atoms with Crippen molar-refractivity contribution in [2.45, 2.75) is 57.9 Å². The van der Waals surface area contributed by atoms with Gasteiger partial charge in [0.25, 0.3) is 0 Å². The standard InChI is InChI=1S/C17H25BrFN/c1-2-20-17(13-8-6-4-3-5-7-9-13)15-12-14(18)10-11-16(15)19/h10-13,17,20H,2-9H2,1H3. The van der Waals surface area contributed by atoms with Crippen LogP contribution in [0, 0.1) is 11.7 Å². The van der Waals surface area contributed by atoms with Crippen molar-refractivity contribution in [2.75, 3.05) is 6.54 Å². The first-order chi connectivity index (χ1) is 9.72. The van der Waals surface area contributed by atoms with E-state index in [0.29, 0.717) is 5.92 Å². The predicted molar refractivity (Wildman–Crippen MR) is 86.3 cm³/mol. The highest BCUT2D eigenvalue weighted by Crippen LogP contribution is 2.35. The molecule has 1 fully saturated rings. The molecule has 1 aromatic rings. The van der Waals surface area contributed by atoms with Crippen molar-refractivity contribution in [3.05, 3.63) is 34.1 Å². The van der Waals surface area contributed by atoms with Crippen LogP contribution in [0.4, 0.5) is 4.39 Å². The van der Waals surface area contributed by atoms with Crippen molar-refractivity contribution < 1.29 is 4.39 Å². The first-order valence-corrected chi connectivity index (χ1v) is 8.70. The second-order valence-corrected chi connectivity index (χ2v) is 6.72. The highest BCUT2D eigenvalue weighted by Gasteiger charge is 2.25. The van der Waals surface area contributed by atoms with Gasteiger partial charge in [-0.1, -0.05) is 55.0 Å². The molecule has 0 saturated heterocycles. The number of halogens is 2. The lowest BCUT2D eigenvalue weighted by molar-refractivity contribution is 0.286. The maximum absolute atomic E-state index is 14.2. The first-order valence-electron chi connectivity index (χ1n) is 7.90. The molecule has 20 heavy (non-hydrogen) atoms. The summed E-state index contributed by atoms with van der Waals surface area (Å²) >= 11 is 3.47. The lowest BCUT2D eigenvalue weighted by Gasteiger charge is -2.30. The summed E-state index contributed by atoms with van der Waals surface area (Å²) in [6.07, 6.45) is 9.01. The van der Waals surface area contributed by atoms with Crippen LogP contribution < -0.4 is 5.32 Å². The minimum absolute atomic E-state index is 0.0822. The Hall–Kier alpha value is -0.410. The van der Waals surface area contributed by atoms with Gasteiger partial charge in [-0.15, -0.1) is 0 Å². The molecular weight excluding hydrogens is 317 g/mol. The Labute approximate surface area is 130 Å². The van der Waals surface area contributed by atoms with E-state index in [2.05, 4.69) is 28.2 Å². The molecule has 1 atom stereocenters. The zero-order chi connectivity index (χ0) is 14.4. The van der Waals surface area contributed by atoms with E-state index in [1.165, 1.54) is 44.9 Å². The van der Waals surface area contributed by atoms with Crippen molar-refractivity contribution in [3.63, 3.8) is 0 Å². The van der Waals surface area contributed by atoms with Crippen LogP contribution in [-0.2, 0) is 0 Å². The number of hydrogen-bond donors (Lipinski definition) is 1. The number of rotatable bonds is 4. The fourth-order valence-electron chi connectivity index (χ4n) is 3.32. The minimum atomic E-state index is -0.0822. The van der Waals surface area contributed by atoms with E-state index >= 15 is 0 Å². The topological polar surface area (TPSA) is 12.0 Å². The van der Waals surface area contributed by atoms with Gasteiger partial charge in [0, 0.05) is 16.1 Å². The summed E-state index contributed by atoms with van der Waals surface area (Å²) in [5.74, 6) is 0.472. The molecule has 0 spiro atoms. The summed E-state index contributed by atoms with van der Waals surface area (Å²) in [6.45, 7) is 2.99. The summed E-state index contributed by atoms with van der Waals surface area (Å²) in [5.41, 5.74) is 0.826. The van der Waals surface area contributed by atoms with Crippen molar-refractivity contribution in [1.29, 1.82) is 0 Å². The molecule has 2 rings (SSSR count). The van der Waals surface area contributed by atoms with Crippen LogP contribution >= 0.6 is 15.9 Å². The van der Waals surface area contributed by atoms with Crippen LogP contribution in [0.5, 0.6) is 0 Å². The number of hydrogen-bond acceptors (Lipinski definition) is 1. The largest absolute Gasteiger partial charge is 0.310 e. The smallest absolute Gasteiger partial charge is 0.128 e. The fraction of sp³-hybridized carbons (Fsp3) is 0.647. The molecule has 1 aliphatic rings. The van der Waals surface area contributed by atoms with E-state index < -0.39 is 0 Å². The predicted octanol–water partition coefficient (Wildman–Crippen LogP) is 5.60. The Morgan fingerprint density at radius 3 is 2.50 bits per heavy atom. The molecule has 3 heteroatoms. The fourth-order valence-corrected chi connectivity index (χ4v) is 3.70. The molecule has 1 unspecified atom stereocenters. The van der Waals surface area contributed by atoms with Crippen molar-refractivity contribution >= 4 is 15.9 Å². The molecule has 1 nitrogen and oxygen atoms in total. The Balaban J connectivity index is 2.21. The van der Waals surface area contributed by atoms with E-state index in [-0.39, 0.29) is 11.9 Å². The van der Waals surface area contributed by atoms with Gasteiger partial charge in [-0.2, -0.15) is 0 Å². The van der Waals surface area contributed by atoms with Crippen LogP contribution in [-0.4, -0.2) is 6.54 Å². The van der Waals surface area contributed by atoms with Gasteiger partial charge in [0.15, 0.2) is 0 Å². The summed E-state index contributed by atoms with van der Waals surface area (Å²) in [6, 6.07) is 5.45. The zero-order valence-corrected chi connectivity index (χ0v) is 13.9.